The van der Waals surface area contributed by atoms with E-state index in [4.69, 9.17) is 4.74 Å². The number of amides is 1. The first-order valence-corrected chi connectivity index (χ1v) is 9.36. The lowest BCUT2D eigenvalue weighted by molar-refractivity contribution is -0.116. The molecule has 1 saturated heterocycles. The number of sulfonamides is 1. The fourth-order valence-corrected chi connectivity index (χ4v) is 4.87. The van der Waals surface area contributed by atoms with E-state index in [-0.39, 0.29) is 16.8 Å². The first-order valence-electron chi connectivity index (χ1n) is 7.92. The van der Waals surface area contributed by atoms with E-state index in [1.165, 1.54) is 11.2 Å². The van der Waals surface area contributed by atoms with Crippen molar-refractivity contribution < 1.29 is 17.9 Å². The molecule has 0 bridgehead atoms. The number of hydrogen-bond acceptors (Lipinski definition) is 4. The third-order valence-electron chi connectivity index (χ3n) is 4.47. The van der Waals surface area contributed by atoms with Gasteiger partial charge in [0.05, 0.1) is 18.1 Å². The summed E-state index contributed by atoms with van der Waals surface area (Å²) < 4.78 is 32.7. The van der Waals surface area contributed by atoms with Crippen LogP contribution in [0.2, 0.25) is 0 Å². The maximum absolute atomic E-state index is 12.9. The molecule has 0 unspecified atom stereocenters. The molecule has 0 aliphatic carbocycles. The minimum atomic E-state index is -3.58. The van der Waals surface area contributed by atoms with Crippen molar-refractivity contribution in [1.29, 1.82) is 0 Å². The van der Waals surface area contributed by atoms with Crippen molar-refractivity contribution >= 4 is 21.6 Å². The quantitative estimate of drug-likeness (QED) is 0.817. The molecular weight excluding hydrogens is 316 g/mol. The molecule has 0 aromatic heterocycles. The molecule has 2 heterocycles. The van der Waals surface area contributed by atoms with Crippen LogP contribution in [-0.2, 0) is 26.0 Å². The molecule has 0 N–H and O–H groups in total. The first-order chi connectivity index (χ1) is 10.9. The highest BCUT2D eigenvalue weighted by Crippen LogP contribution is 2.31. The zero-order chi connectivity index (χ0) is 16.6. The van der Waals surface area contributed by atoms with Crippen LogP contribution in [0.1, 0.15) is 25.8 Å². The monoisotopic (exact) mass is 338 g/mol. The molecule has 1 aromatic rings. The van der Waals surface area contributed by atoms with Crippen LogP contribution in [0, 0.1) is 0 Å². The molecule has 126 valence electrons. The summed E-state index contributed by atoms with van der Waals surface area (Å²) in [6, 6.07) is 4.95. The summed E-state index contributed by atoms with van der Waals surface area (Å²) >= 11 is 0. The van der Waals surface area contributed by atoms with Gasteiger partial charge in [-0.2, -0.15) is 4.31 Å². The molecule has 6 nitrogen and oxygen atoms in total. The molecule has 23 heavy (non-hydrogen) atoms. The standard InChI is InChI=1S/C16H22N2O4S/c1-12-11-22-9-8-18(12)23(20,21)15-6-5-14-4-3-7-17(13(2)19)16(14)10-15/h5-6,10,12H,3-4,7-9,11H2,1-2H3/t12-/m1/s1. The molecule has 1 atom stereocenters. The van der Waals surface area contributed by atoms with Crippen LogP contribution in [0.3, 0.4) is 0 Å². The zero-order valence-electron chi connectivity index (χ0n) is 13.5. The zero-order valence-corrected chi connectivity index (χ0v) is 14.3. The van der Waals surface area contributed by atoms with E-state index in [2.05, 4.69) is 0 Å². The van der Waals surface area contributed by atoms with Gasteiger partial charge in [0.2, 0.25) is 15.9 Å². The molecule has 1 aromatic carbocycles. The topological polar surface area (TPSA) is 66.9 Å². The SMILES string of the molecule is CC(=O)N1CCCc2ccc(S(=O)(=O)N3CCOC[C@H]3C)cc21. The van der Waals surface area contributed by atoms with Crippen molar-refractivity contribution in [2.45, 2.75) is 37.6 Å². The van der Waals surface area contributed by atoms with Crippen molar-refractivity contribution in [2.24, 2.45) is 0 Å². The minimum Gasteiger partial charge on any atom is -0.378 e. The van der Waals surface area contributed by atoms with Gasteiger partial charge in [-0.05, 0) is 37.5 Å². The Balaban J connectivity index is 2.00. The summed E-state index contributed by atoms with van der Waals surface area (Å²) in [4.78, 5) is 13.7. The first kappa shape index (κ1) is 16.4. The highest BCUT2D eigenvalue weighted by atomic mass is 32.2. The van der Waals surface area contributed by atoms with Gasteiger partial charge in [0.25, 0.3) is 0 Å². The van der Waals surface area contributed by atoms with Gasteiger partial charge in [0.15, 0.2) is 0 Å². The molecule has 2 aliphatic heterocycles. The Morgan fingerprint density at radius 3 is 2.78 bits per heavy atom. The maximum Gasteiger partial charge on any atom is 0.243 e. The average molecular weight is 338 g/mol. The molecular formula is C16H22N2O4S. The van der Waals surface area contributed by atoms with E-state index in [1.807, 2.05) is 13.0 Å². The normalized spacial score (nSPS) is 22.7. The average Bonchev–Trinajstić information content (AvgIpc) is 2.53. The molecule has 2 aliphatic rings. The predicted octanol–water partition coefficient (Wildman–Crippen LogP) is 1.40. The van der Waals surface area contributed by atoms with Crippen LogP contribution in [-0.4, -0.2) is 51.0 Å². The molecule has 0 saturated carbocycles. The Bertz CT molecular complexity index is 717. The number of morpholine rings is 1. The van der Waals surface area contributed by atoms with Crippen molar-refractivity contribution in [3.8, 4) is 0 Å². The Morgan fingerprint density at radius 2 is 2.09 bits per heavy atom. The molecule has 0 radical (unpaired) electrons. The molecule has 1 fully saturated rings. The number of rotatable bonds is 2. The van der Waals surface area contributed by atoms with E-state index < -0.39 is 10.0 Å². The fraction of sp³-hybridized carbons (Fsp3) is 0.562. The van der Waals surface area contributed by atoms with Crippen molar-refractivity contribution in [3.63, 3.8) is 0 Å². The Hall–Kier alpha value is -1.44. The lowest BCUT2D eigenvalue weighted by atomic mass is 10.0. The van der Waals surface area contributed by atoms with Gasteiger partial charge in [0.1, 0.15) is 0 Å². The van der Waals surface area contributed by atoms with Crippen LogP contribution >= 0.6 is 0 Å². The summed E-state index contributed by atoms with van der Waals surface area (Å²) in [6.45, 7) is 5.17. The molecule has 3 rings (SSSR count). The van der Waals surface area contributed by atoms with E-state index in [0.717, 1.165) is 24.1 Å². The summed E-state index contributed by atoms with van der Waals surface area (Å²) in [6.07, 6.45) is 1.77. The predicted molar refractivity (Wildman–Crippen MR) is 87.0 cm³/mol. The Kier molecular flexibility index (Phi) is 4.44. The number of benzene rings is 1. The minimum absolute atomic E-state index is 0.0553. The van der Waals surface area contributed by atoms with E-state index in [0.29, 0.717) is 26.3 Å². The van der Waals surface area contributed by atoms with Gasteiger partial charge in [-0.3, -0.25) is 4.79 Å². The maximum atomic E-state index is 12.9. The number of hydrogen-bond donors (Lipinski definition) is 0. The second-order valence-corrected chi connectivity index (χ2v) is 7.99. The number of aryl methyl sites for hydroxylation is 1. The lowest BCUT2D eigenvalue weighted by Crippen LogP contribution is -2.47. The van der Waals surface area contributed by atoms with Gasteiger partial charge in [-0.25, -0.2) is 8.42 Å². The van der Waals surface area contributed by atoms with Gasteiger partial charge >= 0.3 is 0 Å². The molecule has 0 spiro atoms. The number of nitrogens with zero attached hydrogens (tertiary/aromatic N) is 2. The van der Waals surface area contributed by atoms with Gasteiger partial charge < -0.3 is 9.64 Å². The van der Waals surface area contributed by atoms with Gasteiger partial charge in [-0.1, -0.05) is 6.07 Å². The highest BCUT2D eigenvalue weighted by molar-refractivity contribution is 7.89. The highest BCUT2D eigenvalue weighted by Gasteiger charge is 2.32. The summed E-state index contributed by atoms with van der Waals surface area (Å²) in [5.41, 5.74) is 1.76. The second kappa shape index (κ2) is 6.22. The number of carbonyl (C=O) groups is 1. The van der Waals surface area contributed by atoms with Crippen LogP contribution in [0.25, 0.3) is 0 Å². The summed E-state index contributed by atoms with van der Waals surface area (Å²) in [5, 5.41) is 0. The summed E-state index contributed by atoms with van der Waals surface area (Å²) in [5.74, 6) is -0.0553. The largest absolute Gasteiger partial charge is 0.378 e. The molecule has 7 heteroatoms. The van der Waals surface area contributed by atoms with Gasteiger partial charge in [0, 0.05) is 31.7 Å². The lowest BCUT2D eigenvalue weighted by Gasteiger charge is -2.33. The second-order valence-electron chi connectivity index (χ2n) is 6.10. The molecule has 1 amide bonds. The summed E-state index contributed by atoms with van der Waals surface area (Å²) in [7, 11) is -3.58. The fourth-order valence-electron chi connectivity index (χ4n) is 3.25. The number of fused-ring (bicyclic) bond motifs is 1. The Labute approximate surface area is 137 Å². The van der Waals surface area contributed by atoms with E-state index >= 15 is 0 Å². The van der Waals surface area contributed by atoms with Gasteiger partial charge in [-0.15, -0.1) is 0 Å². The number of ether oxygens (including phenoxy) is 1. The van der Waals surface area contributed by atoms with Crippen LogP contribution in [0.4, 0.5) is 5.69 Å². The third kappa shape index (κ3) is 3.00. The van der Waals surface area contributed by atoms with Crippen LogP contribution in [0.5, 0.6) is 0 Å². The van der Waals surface area contributed by atoms with E-state index in [1.54, 1.807) is 17.0 Å². The smallest absolute Gasteiger partial charge is 0.243 e. The number of anilines is 1. The van der Waals surface area contributed by atoms with Crippen LogP contribution in [0.15, 0.2) is 23.1 Å². The van der Waals surface area contributed by atoms with Crippen molar-refractivity contribution in [3.05, 3.63) is 23.8 Å². The van der Waals surface area contributed by atoms with E-state index in [9.17, 15) is 13.2 Å². The van der Waals surface area contributed by atoms with Crippen molar-refractivity contribution in [1.82, 2.24) is 4.31 Å². The third-order valence-corrected chi connectivity index (χ3v) is 6.48. The van der Waals surface area contributed by atoms with Crippen molar-refractivity contribution in [2.75, 3.05) is 31.2 Å². The van der Waals surface area contributed by atoms with Crippen LogP contribution < -0.4 is 4.90 Å². The Morgan fingerprint density at radius 1 is 1.30 bits per heavy atom. The number of carbonyl (C=O) groups excluding carboxylic acids is 1.